The largest absolute Gasteiger partial charge is 0.356 e. The summed E-state index contributed by atoms with van der Waals surface area (Å²) in [6, 6.07) is 5.97. The average Bonchev–Trinajstić information content (AvgIpc) is 2.47. The second-order valence-electron chi connectivity index (χ2n) is 3.31. The van der Waals surface area contributed by atoms with Gasteiger partial charge in [-0.05, 0) is 31.5 Å². The molecule has 0 amide bonds. The molecule has 0 spiro atoms. The summed E-state index contributed by atoms with van der Waals surface area (Å²) in [4.78, 5) is 0. The Balaban J connectivity index is 2.66. The molecule has 1 aromatic heterocycles. The molecule has 0 aliphatic carbocycles. The number of hydrogen-bond acceptors (Lipinski definition) is 3. The normalized spacial score (nSPS) is 13.5. The molecule has 2 N–H and O–H groups in total. The molecule has 13 heavy (non-hydrogen) atoms. The first-order valence-electron chi connectivity index (χ1n) is 4.30. The van der Waals surface area contributed by atoms with Crippen LogP contribution in [0.1, 0.15) is 24.2 Å². The van der Waals surface area contributed by atoms with E-state index in [1.54, 1.807) is 0 Å². The van der Waals surface area contributed by atoms with E-state index in [1.807, 2.05) is 32.0 Å². The molecule has 0 saturated carbocycles. The Morgan fingerprint density at radius 2 is 2.23 bits per heavy atom. The molecule has 0 aliphatic heterocycles. The lowest BCUT2D eigenvalue weighted by atomic mass is 10.1. The van der Waals surface area contributed by atoms with E-state index >= 15 is 0 Å². The van der Waals surface area contributed by atoms with Crippen molar-refractivity contribution in [3.05, 3.63) is 29.5 Å². The van der Waals surface area contributed by atoms with Gasteiger partial charge in [-0.3, -0.25) is 0 Å². The maximum atomic E-state index is 5.77. The number of hydrogen-bond donors (Lipinski definition) is 1. The lowest BCUT2D eigenvalue weighted by molar-refractivity contribution is 0.450. The fourth-order valence-corrected chi connectivity index (χ4v) is 1.36. The highest BCUT2D eigenvalue weighted by molar-refractivity contribution is 5.79. The van der Waals surface area contributed by atoms with Gasteiger partial charge in [0.2, 0.25) is 0 Å². The van der Waals surface area contributed by atoms with Crippen LogP contribution < -0.4 is 5.73 Å². The van der Waals surface area contributed by atoms with Gasteiger partial charge in [-0.1, -0.05) is 11.2 Å². The number of nitrogens with two attached hydrogens (primary N) is 1. The van der Waals surface area contributed by atoms with E-state index < -0.39 is 0 Å². The highest BCUT2D eigenvalue weighted by Crippen LogP contribution is 2.21. The molecule has 1 aromatic carbocycles. The molecule has 2 rings (SSSR count). The minimum atomic E-state index is 0.0544. The van der Waals surface area contributed by atoms with Gasteiger partial charge in [0, 0.05) is 11.4 Å². The van der Waals surface area contributed by atoms with Crippen LogP contribution in [0, 0.1) is 6.92 Å². The standard InChI is InChI=1S/C10H12N2O/c1-6(11)8-3-4-10-9(5-8)7(2)12-13-10/h3-6H,11H2,1-2H3. The summed E-state index contributed by atoms with van der Waals surface area (Å²) in [5.74, 6) is 0. The molecule has 0 saturated heterocycles. The van der Waals surface area contributed by atoms with Gasteiger partial charge < -0.3 is 10.3 Å². The van der Waals surface area contributed by atoms with E-state index in [-0.39, 0.29) is 6.04 Å². The van der Waals surface area contributed by atoms with Crippen LogP contribution in [-0.4, -0.2) is 5.16 Å². The monoisotopic (exact) mass is 176 g/mol. The van der Waals surface area contributed by atoms with Crippen molar-refractivity contribution in [2.24, 2.45) is 5.73 Å². The number of aromatic nitrogens is 1. The lowest BCUT2D eigenvalue weighted by Crippen LogP contribution is -2.04. The van der Waals surface area contributed by atoms with Crippen LogP contribution in [0.3, 0.4) is 0 Å². The van der Waals surface area contributed by atoms with Crippen molar-refractivity contribution in [1.29, 1.82) is 0 Å². The van der Waals surface area contributed by atoms with Gasteiger partial charge in [0.05, 0.1) is 5.69 Å². The topological polar surface area (TPSA) is 52.0 Å². The molecule has 0 bridgehead atoms. The molecule has 0 radical (unpaired) electrons. The zero-order valence-corrected chi connectivity index (χ0v) is 7.74. The van der Waals surface area contributed by atoms with Crippen LogP contribution in [0.4, 0.5) is 0 Å². The SMILES string of the molecule is Cc1noc2ccc(C(C)N)cc12. The zero-order chi connectivity index (χ0) is 9.42. The van der Waals surface area contributed by atoms with Crippen molar-refractivity contribution in [2.45, 2.75) is 19.9 Å². The molecule has 3 nitrogen and oxygen atoms in total. The fraction of sp³-hybridized carbons (Fsp3) is 0.300. The second-order valence-corrected chi connectivity index (χ2v) is 3.31. The smallest absolute Gasteiger partial charge is 0.167 e. The minimum Gasteiger partial charge on any atom is -0.356 e. The van der Waals surface area contributed by atoms with Crippen molar-refractivity contribution in [1.82, 2.24) is 5.16 Å². The van der Waals surface area contributed by atoms with E-state index in [0.717, 1.165) is 22.2 Å². The van der Waals surface area contributed by atoms with E-state index in [9.17, 15) is 0 Å². The third-order valence-corrected chi connectivity index (χ3v) is 2.20. The first-order valence-corrected chi connectivity index (χ1v) is 4.30. The number of rotatable bonds is 1. The van der Waals surface area contributed by atoms with Gasteiger partial charge in [-0.15, -0.1) is 0 Å². The molecule has 3 heteroatoms. The Morgan fingerprint density at radius 1 is 1.46 bits per heavy atom. The Kier molecular flexibility index (Phi) is 1.81. The van der Waals surface area contributed by atoms with Gasteiger partial charge in [-0.25, -0.2) is 0 Å². The average molecular weight is 176 g/mol. The Hall–Kier alpha value is -1.35. The molecule has 68 valence electrons. The minimum absolute atomic E-state index is 0.0544. The zero-order valence-electron chi connectivity index (χ0n) is 7.74. The highest BCUT2D eigenvalue weighted by atomic mass is 16.5. The predicted octanol–water partition coefficient (Wildman–Crippen LogP) is 2.16. The van der Waals surface area contributed by atoms with E-state index in [0.29, 0.717) is 0 Å². The maximum Gasteiger partial charge on any atom is 0.167 e. The molecule has 1 heterocycles. The third-order valence-electron chi connectivity index (χ3n) is 2.20. The van der Waals surface area contributed by atoms with Crippen molar-refractivity contribution < 1.29 is 4.52 Å². The molecule has 1 unspecified atom stereocenters. The summed E-state index contributed by atoms with van der Waals surface area (Å²) in [5.41, 5.74) is 8.62. The van der Waals surface area contributed by atoms with Crippen LogP contribution in [-0.2, 0) is 0 Å². The Morgan fingerprint density at radius 3 is 2.92 bits per heavy atom. The Bertz CT molecular complexity index is 431. The van der Waals surface area contributed by atoms with Crippen molar-refractivity contribution in [3.63, 3.8) is 0 Å². The Labute approximate surface area is 76.5 Å². The van der Waals surface area contributed by atoms with Gasteiger partial charge in [0.25, 0.3) is 0 Å². The number of fused-ring (bicyclic) bond motifs is 1. The highest BCUT2D eigenvalue weighted by Gasteiger charge is 2.06. The molecule has 2 aromatic rings. The fourth-order valence-electron chi connectivity index (χ4n) is 1.36. The number of benzene rings is 1. The molecule has 0 fully saturated rings. The summed E-state index contributed by atoms with van der Waals surface area (Å²) in [6.07, 6.45) is 0. The third kappa shape index (κ3) is 1.31. The molecular formula is C10H12N2O. The lowest BCUT2D eigenvalue weighted by Gasteiger charge is -2.03. The summed E-state index contributed by atoms with van der Waals surface area (Å²) >= 11 is 0. The van der Waals surface area contributed by atoms with Crippen LogP contribution in [0.5, 0.6) is 0 Å². The maximum absolute atomic E-state index is 5.77. The number of nitrogens with zero attached hydrogens (tertiary/aromatic N) is 1. The van der Waals surface area contributed by atoms with Crippen molar-refractivity contribution in [3.8, 4) is 0 Å². The summed E-state index contributed by atoms with van der Waals surface area (Å²) in [5, 5.41) is 4.93. The van der Waals surface area contributed by atoms with Crippen molar-refractivity contribution >= 4 is 11.0 Å². The van der Waals surface area contributed by atoms with Gasteiger partial charge in [0.1, 0.15) is 0 Å². The predicted molar refractivity (Wildman–Crippen MR) is 51.3 cm³/mol. The first-order chi connectivity index (χ1) is 6.18. The van der Waals surface area contributed by atoms with E-state index in [1.165, 1.54) is 0 Å². The molecule has 0 aliphatic rings. The quantitative estimate of drug-likeness (QED) is 0.724. The second kappa shape index (κ2) is 2.85. The summed E-state index contributed by atoms with van der Waals surface area (Å²) in [6.45, 7) is 3.89. The molecule has 1 atom stereocenters. The van der Waals surface area contributed by atoms with Crippen molar-refractivity contribution in [2.75, 3.05) is 0 Å². The summed E-state index contributed by atoms with van der Waals surface area (Å²) in [7, 11) is 0. The van der Waals surface area contributed by atoms with Crippen LogP contribution in [0.15, 0.2) is 22.7 Å². The van der Waals surface area contributed by atoms with Gasteiger partial charge >= 0.3 is 0 Å². The van der Waals surface area contributed by atoms with E-state index in [2.05, 4.69) is 5.16 Å². The number of aryl methyl sites for hydroxylation is 1. The van der Waals surface area contributed by atoms with Crippen LogP contribution >= 0.6 is 0 Å². The first kappa shape index (κ1) is 8.26. The van der Waals surface area contributed by atoms with E-state index in [4.69, 9.17) is 10.3 Å². The van der Waals surface area contributed by atoms with Gasteiger partial charge in [0.15, 0.2) is 5.58 Å². The van der Waals surface area contributed by atoms with Crippen LogP contribution in [0.25, 0.3) is 11.0 Å². The molecular weight excluding hydrogens is 164 g/mol. The van der Waals surface area contributed by atoms with Gasteiger partial charge in [-0.2, -0.15) is 0 Å². The summed E-state index contributed by atoms with van der Waals surface area (Å²) < 4.78 is 5.09. The van der Waals surface area contributed by atoms with Crippen LogP contribution in [0.2, 0.25) is 0 Å².